The minimum Gasteiger partial charge on any atom is -0.487 e. The minimum absolute atomic E-state index is 0.207. The molecule has 1 aromatic carbocycles. The van der Waals surface area contributed by atoms with Gasteiger partial charge in [0.25, 0.3) is 0 Å². The number of hydrogen-bond acceptors (Lipinski definition) is 3. The molecule has 1 unspecified atom stereocenters. The number of nitrogens with zero attached hydrogens (tertiary/aromatic N) is 2. The molecular formula is C26H36N2O3. The van der Waals surface area contributed by atoms with E-state index >= 15 is 0 Å². The highest BCUT2D eigenvalue weighted by atomic mass is 16.5. The lowest BCUT2D eigenvalue weighted by Crippen LogP contribution is -2.53. The van der Waals surface area contributed by atoms with E-state index in [2.05, 4.69) is 23.1 Å². The second-order valence-electron chi connectivity index (χ2n) is 10.2. The number of amides is 2. The third kappa shape index (κ3) is 4.33. The highest BCUT2D eigenvalue weighted by Gasteiger charge is 2.45. The smallest absolute Gasteiger partial charge is 0.225 e. The molecule has 0 aromatic heterocycles. The largest absolute Gasteiger partial charge is 0.487 e. The van der Waals surface area contributed by atoms with Crippen LogP contribution < -0.4 is 4.74 Å². The summed E-state index contributed by atoms with van der Waals surface area (Å²) in [6.45, 7) is 3.38. The molecule has 4 aliphatic rings. The zero-order chi connectivity index (χ0) is 21.3. The van der Waals surface area contributed by atoms with Crippen molar-refractivity contribution in [1.29, 1.82) is 0 Å². The van der Waals surface area contributed by atoms with E-state index in [4.69, 9.17) is 4.74 Å². The average molecular weight is 425 g/mol. The van der Waals surface area contributed by atoms with Crippen molar-refractivity contribution >= 4 is 11.8 Å². The number of ether oxygens (including phenoxy) is 1. The van der Waals surface area contributed by atoms with E-state index in [9.17, 15) is 9.59 Å². The lowest BCUT2D eigenvalue weighted by molar-refractivity contribution is -0.140. The molecule has 3 heterocycles. The normalized spacial score (nSPS) is 25.9. The average Bonchev–Trinajstić information content (AvgIpc) is 3.35. The Labute approximate surface area is 186 Å². The van der Waals surface area contributed by atoms with Crippen molar-refractivity contribution in [1.82, 2.24) is 9.80 Å². The van der Waals surface area contributed by atoms with Crippen LogP contribution in [0.15, 0.2) is 24.3 Å². The lowest BCUT2D eigenvalue weighted by Gasteiger charge is -2.47. The Morgan fingerprint density at radius 2 is 1.61 bits per heavy atom. The number of hydrogen-bond donors (Lipinski definition) is 0. The molecule has 1 aliphatic carbocycles. The number of rotatable bonds is 3. The van der Waals surface area contributed by atoms with Gasteiger partial charge in [0.05, 0.1) is 0 Å². The van der Waals surface area contributed by atoms with Crippen molar-refractivity contribution in [3.63, 3.8) is 0 Å². The van der Waals surface area contributed by atoms with Crippen molar-refractivity contribution in [3.05, 3.63) is 29.8 Å². The summed E-state index contributed by atoms with van der Waals surface area (Å²) in [7, 11) is 0. The molecule has 31 heavy (non-hydrogen) atoms. The number of carbonyl (C=O) groups excluding carboxylic acids is 2. The maximum Gasteiger partial charge on any atom is 0.225 e. The molecule has 5 heteroatoms. The molecule has 0 bridgehead atoms. The maximum atomic E-state index is 13.0. The van der Waals surface area contributed by atoms with Crippen molar-refractivity contribution < 1.29 is 14.3 Å². The van der Waals surface area contributed by atoms with Gasteiger partial charge in [-0.3, -0.25) is 9.59 Å². The molecule has 5 rings (SSSR count). The van der Waals surface area contributed by atoms with Crippen molar-refractivity contribution in [3.8, 4) is 5.75 Å². The van der Waals surface area contributed by atoms with E-state index in [1.807, 2.05) is 11.0 Å². The van der Waals surface area contributed by atoms with Gasteiger partial charge in [-0.25, -0.2) is 0 Å². The molecule has 1 spiro atoms. The summed E-state index contributed by atoms with van der Waals surface area (Å²) in [4.78, 5) is 30.1. The maximum absolute atomic E-state index is 13.0. The molecule has 3 fully saturated rings. The predicted molar refractivity (Wildman–Crippen MR) is 120 cm³/mol. The molecular weight excluding hydrogens is 388 g/mol. The van der Waals surface area contributed by atoms with Crippen LogP contribution in [0.1, 0.15) is 82.1 Å². The number of piperidine rings is 1. The van der Waals surface area contributed by atoms with Crippen LogP contribution in [0.4, 0.5) is 0 Å². The summed E-state index contributed by atoms with van der Waals surface area (Å²) < 4.78 is 6.61. The van der Waals surface area contributed by atoms with Crippen LogP contribution in [-0.4, -0.2) is 53.4 Å². The Morgan fingerprint density at radius 1 is 0.903 bits per heavy atom. The summed E-state index contributed by atoms with van der Waals surface area (Å²) in [5.74, 6) is 2.05. The van der Waals surface area contributed by atoms with Gasteiger partial charge < -0.3 is 14.5 Å². The van der Waals surface area contributed by atoms with E-state index < -0.39 is 0 Å². The molecule has 0 N–H and O–H groups in total. The van der Waals surface area contributed by atoms with Crippen LogP contribution in [0.5, 0.6) is 5.75 Å². The standard InChI is InChI=1S/C26H36N2O3/c29-24(27-14-6-7-15-27)18-21-19-26(31-23-11-5-4-10-22(21)23)12-16-28(17-13-26)25(30)20-8-2-1-3-9-20/h4-5,10-11,20-21H,1-3,6-9,12-19H2. The Balaban J connectivity index is 1.27. The first-order valence-corrected chi connectivity index (χ1v) is 12.5. The second kappa shape index (κ2) is 8.84. The Bertz CT molecular complexity index is 803. The van der Waals surface area contributed by atoms with Gasteiger partial charge in [0.15, 0.2) is 0 Å². The number of carbonyl (C=O) groups is 2. The molecule has 3 aliphatic heterocycles. The Hall–Kier alpha value is -2.04. The number of fused-ring (bicyclic) bond motifs is 1. The highest BCUT2D eigenvalue weighted by molar-refractivity contribution is 5.79. The van der Waals surface area contributed by atoms with Gasteiger partial charge in [0.2, 0.25) is 11.8 Å². The SMILES string of the molecule is O=C(CC1CC2(CCN(C(=O)C3CCCCC3)CC2)Oc2ccccc21)N1CCCC1. The molecule has 0 radical (unpaired) electrons. The van der Waals surface area contributed by atoms with Crippen LogP contribution >= 0.6 is 0 Å². The van der Waals surface area contributed by atoms with Gasteiger partial charge in [0, 0.05) is 57.3 Å². The van der Waals surface area contributed by atoms with E-state index in [0.29, 0.717) is 18.2 Å². The summed E-state index contributed by atoms with van der Waals surface area (Å²) in [5.41, 5.74) is 0.939. The zero-order valence-electron chi connectivity index (χ0n) is 18.7. The molecule has 1 aromatic rings. The lowest BCUT2D eigenvalue weighted by atomic mass is 9.75. The van der Waals surface area contributed by atoms with Crippen LogP contribution in [-0.2, 0) is 9.59 Å². The summed E-state index contributed by atoms with van der Waals surface area (Å²) in [6.07, 6.45) is 11.2. The molecule has 168 valence electrons. The summed E-state index contributed by atoms with van der Waals surface area (Å²) >= 11 is 0. The summed E-state index contributed by atoms with van der Waals surface area (Å²) in [5, 5.41) is 0. The first kappa shape index (κ1) is 20.8. The number of benzene rings is 1. The Kier molecular flexibility index (Phi) is 5.94. The monoisotopic (exact) mass is 424 g/mol. The summed E-state index contributed by atoms with van der Waals surface area (Å²) in [6, 6.07) is 8.27. The fourth-order valence-electron chi connectivity index (χ4n) is 6.28. The van der Waals surface area contributed by atoms with Crippen LogP contribution in [0, 0.1) is 5.92 Å². The Morgan fingerprint density at radius 3 is 2.35 bits per heavy atom. The molecule has 1 atom stereocenters. The van der Waals surface area contributed by atoms with E-state index in [1.54, 1.807) is 0 Å². The van der Waals surface area contributed by atoms with Gasteiger partial charge in [0.1, 0.15) is 11.4 Å². The fourth-order valence-corrected chi connectivity index (χ4v) is 6.28. The second-order valence-corrected chi connectivity index (χ2v) is 10.2. The van der Waals surface area contributed by atoms with Gasteiger partial charge in [-0.15, -0.1) is 0 Å². The topological polar surface area (TPSA) is 49.9 Å². The van der Waals surface area contributed by atoms with Crippen molar-refractivity contribution in [2.45, 2.75) is 82.1 Å². The third-order valence-corrected chi connectivity index (χ3v) is 8.12. The fraction of sp³-hybridized carbons (Fsp3) is 0.692. The number of likely N-dealkylation sites (tertiary alicyclic amines) is 2. The van der Waals surface area contributed by atoms with Crippen molar-refractivity contribution in [2.75, 3.05) is 26.2 Å². The highest BCUT2D eigenvalue weighted by Crippen LogP contribution is 2.47. The van der Waals surface area contributed by atoms with E-state index in [0.717, 1.165) is 76.9 Å². The molecule has 5 nitrogen and oxygen atoms in total. The van der Waals surface area contributed by atoms with Gasteiger partial charge >= 0.3 is 0 Å². The van der Waals surface area contributed by atoms with Gasteiger partial charge in [-0.2, -0.15) is 0 Å². The van der Waals surface area contributed by atoms with Crippen LogP contribution in [0.25, 0.3) is 0 Å². The third-order valence-electron chi connectivity index (χ3n) is 8.12. The molecule has 2 amide bonds. The van der Waals surface area contributed by atoms with Gasteiger partial charge in [-0.1, -0.05) is 37.5 Å². The molecule has 1 saturated carbocycles. The van der Waals surface area contributed by atoms with E-state index in [-0.39, 0.29) is 17.4 Å². The van der Waals surface area contributed by atoms with Crippen LogP contribution in [0.2, 0.25) is 0 Å². The quantitative estimate of drug-likeness (QED) is 0.717. The van der Waals surface area contributed by atoms with Crippen LogP contribution in [0.3, 0.4) is 0 Å². The zero-order valence-corrected chi connectivity index (χ0v) is 18.7. The van der Waals surface area contributed by atoms with Crippen molar-refractivity contribution in [2.24, 2.45) is 5.92 Å². The first-order valence-electron chi connectivity index (χ1n) is 12.5. The van der Waals surface area contributed by atoms with Gasteiger partial charge in [-0.05, 0) is 43.7 Å². The van der Waals surface area contributed by atoms with E-state index in [1.165, 1.54) is 24.8 Å². The number of para-hydroxylation sites is 1. The first-order chi connectivity index (χ1) is 15.1. The predicted octanol–water partition coefficient (Wildman–Crippen LogP) is 4.51. The minimum atomic E-state index is -0.242. The molecule has 2 saturated heterocycles.